The minimum atomic E-state index is 0.0415. The minimum Gasteiger partial charge on any atom is -0.382 e. The molecule has 0 heterocycles. The molecule has 0 bridgehead atoms. The first-order chi connectivity index (χ1) is 7.86. The van der Waals surface area contributed by atoms with Crippen molar-refractivity contribution in [2.24, 2.45) is 0 Å². The van der Waals surface area contributed by atoms with Gasteiger partial charge in [0.05, 0.1) is 11.3 Å². The summed E-state index contributed by atoms with van der Waals surface area (Å²) in [7, 11) is 4.10. The van der Waals surface area contributed by atoms with Crippen LogP contribution in [0.4, 0.5) is 5.69 Å². The van der Waals surface area contributed by atoms with E-state index in [4.69, 9.17) is 5.26 Å². The maximum Gasteiger partial charge on any atom is 0.101 e. The molecule has 1 N–H and O–H groups in total. The Balaban J connectivity index is 2.80. The first-order valence-electron chi connectivity index (χ1n) is 5.48. The van der Waals surface area contributed by atoms with Gasteiger partial charge < -0.3 is 10.2 Å². The number of benzene rings is 1. The third-order valence-corrected chi connectivity index (χ3v) is 3.52. The van der Waals surface area contributed by atoms with Crippen LogP contribution in [0.25, 0.3) is 0 Å². The smallest absolute Gasteiger partial charge is 0.101 e. The van der Waals surface area contributed by atoms with E-state index < -0.39 is 0 Å². The summed E-state index contributed by atoms with van der Waals surface area (Å²) >= 11 is 3.36. The molecule has 4 heteroatoms. The molecule has 0 spiro atoms. The van der Waals surface area contributed by atoms with E-state index in [1.54, 1.807) is 0 Å². The molecule has 0 aliphatic heterocycles. The molecule has 0 fully saturated rings. The first kappa shape index (κ1) is 14.0. The van der Waals surface area contributed by atoms with Crippen LogP contribution in [0, 0.1) is 11.3 Å². The van der Waals surface area contributed by atoms with Crippen molar-refractivity contribution >= 4 is 21.6 Å². The van der Waals surface area contributed by atoms with Crippen LogP contribution in [-0.4, -0.2) is 31.1 Å². The van der Waals surface area contributed by atoms with Crippen molar-refractivity contribution in [3.8, 4) is 6.07 Å². The SMILES string of the molecule is CN(C)C(C)(C)CNc1ccc(Br)cc1C#N. The van der Waals surface area contributed by atoms with E-state index in [9.17, 15) is 0 Å². The molecular weight excluding hydrogens is 278 g/mol. The minimum absolute atomic E-state index is 0.0415. The van der Waals surface area contributed by atoms with E-state index in [-0.39, 0.29) is 5.54 Å². The Bertz CT molecular complexity index is 433. The Kier molecular flexibility index (Phi) is 4.55. The zero-order chi connectivity index (χ0) is 13.1. The van der Waals surface area contributed by atoms with Crippen LogP contribution < -0.4 is 5.32 Å². The molecule has 0 saturated carbocycles. The van der Waals surface area contributed by atoms with Gasteiger partial charge in [0.15, 0.2) is 0 Å². The Morgan fingerprint density at radius 3 is 2.59 bits per heavy atom. The Morgan fingerprint density at radius 1 is 1.41 bits per heavy atom. The normalized spacial score (nSPS) is 11.4. The number of nitrogens with one attached hydrogen (secondary N) is 1. The number of hydrogen-bond acceptors (Lipinski definition) is 3. The second kappa shape index (κ2) is 5.52. The molecule has 1 aromatic rings. The number of likely N-dealkylation sites (N-methyl/N-ethyl adjacent to an activating group) is 1. The van der Waals surface area contributed by atoms with Crippen LogP contribution in [0.3, 0.4) is 0 Å². The van der Waals surface area contributed by atoms with E-state index in [0.29, 0.717) is 5.56 Å². The average Bonchev–Trinajstić information content (AvgIpc) is 2.27. The summed E-state index contributed by atoms with van der Waals surface area (Å²) in [6.07, 6.45) is 0. The third kappa shape index (κ3) is 3.72. The maximum atomic E-state index is 9.06. The number of nitrogens with zero attached hydrogens (tertiary/aromatic N) is 2. The van der Waals surface area contributed by atoms with Crippen LogP contribution >= 0.6 is 15.9 Å². The van der Waals surface area contributed by atoms with Gasteiger partial charge in [0.25, 0.3) is 0 Å². The summed E-state index contributed by atoms with van der Waals surface area (Å²) in [5.41, 5.74) is 1.58. The van der Waals surface area contributed by atoms with Crippen LogP contribution in [0.2, 0.25) is 0 Å². The fourth-order valence-corrected chi connectivity index (χ4v) is 1.59. The van der Waals surface area contributed by atoms with E-state index >= 15 is 0 Å². The number of rotatable bonds is 4. The van der Waals surface area contributed by atoms with Crippen LogP contribution in [-0.2, 0) is 0 Å². The van der Waals surface area contributed by atoms with Gasteiger partial charge in [0, 0.05) is 16.6 Å². The summed E-state index contributed by atoms with van der Waals surface area (Å²) in [6.45, 7) is 5.10. The predicted molar refractivity (Wildman–Crippen MR) is 75.1 cm³/mol. The lowest BCUT2D eigenvalue weighted by Crippen LogP contribution is -2.44. The van der Waals surface area contributed by atoms with Crippen molar-refractivity contribution in [1.29, 1.82) is 5.26 Å². The van der Waals surface area contributed by atoms with E-state index in [2.05, 4.69) is 60.2 Å². The van der Waals surface area contributed by atoms with Crippen molar-refractivity contribution in [3.63, 3.8) is 0 Å². The highest BCUT2D eigenvalue weighted by atomic mass is 79.9. The second-order valence-corrected chi connectivity index (χ2v) is 5.78. The summed E-state index contributed by atoms with van der Waals surface area (Å²) in [5.74, 6) is 0. The highest BCUT2D eigenvalue weighted by molar-refractivity contribution is 9.10. The van der Waals surface area contributed by atoms with E-state index in [0.717, 1.165) is 16.7 Å². The summed E-state index contributed by atoms with van der Waals surface area (Å²) in [4.78, 5) is 2.16. The van der Waals surface area contributed by atoms with Gasteiger partial charge in [-0.1, -0.05) is 15.9 Å². The van der Waals surface area contributed by atoms with Crippen LogP contribution in [0.15, 0.2) is 22.7 Å². The molecule has 92 valence electrons. The van der Waals surface area contributed by atoms with Crippen molar-refractivity contribution in [3.05, 3.63) is 28.2 Å². The average molecular weight is 296 g/mol. The number of halogens is 1. The molecule has 17 heavy (non-hydrogen) atoms. The largest absolute Gasteiger partial charge is 0.382 e. The van der Waals surface area contributed by atoms with Crippen LogP contribution in [0.1, 0.15) is 19.4 Å². The van der Waals surface area contributed by atoms with Crippen molar-refractivity contribution in [2.75, 3.05) is 26.0 Å². The van der Waals surface area contributed by atoms with Crippen LogP contribution in [0.5, 0.6) is 0 Å². The molecule has 3 nitrogen and oxygen atoms in total. The monoisotopic (exact) mass is 295 g/mol. The Morgan fingerprint density at radius 2 is 2.06 bits per heavy atom. The van der Waals surface area contributed by atoms with E-state index in [1.807, 2.05) is 18.2 Å². The molecule has 0 aliphatic carbocycles. The fraction of sp³-hybridized carbons (Fsp3) is 0.462. The summed E-state index contributed by atoms with van der Waals surface area (Å²) < 4.78 is 0.923. The zero-order valence-electron chi connectivity index (χ0n) is 10.7. The van der Waals surface area contributed by atoms with Gasteiger partial charge in [0.1, 0.15) is 6.07 Å². The molecular formula is C13H18BrN3. The topological polar surface area (TPSA) is 39.1 Å². The quantitative estimate of drug-likeness (QED) is 0.928. The zero-order valence-corrected chi connectivity index (χ0v) is 12.3. The van der Waals surface area contributed by atoms with Gasteiger partial charge >= 0.3 is 0 Å². The number of anilines is 1. The van der Waals surface area contributed by atoms with Gasteiger partial charge in [-0.15, -0.1) is 0 Å². The van der Waals surface area contributed by atoms with Gasteiger partial charge in [-0.05, 0) is 46.1 Å². The van der Waals surface area contributed by atoms with E-state index in [1.165, 1.54) is 0 Å². The highest BCUT2D eigenvalue weighted by Crippen LogP contribution is 2.21. The number of hydrogen-bond donors (Lipinski definition) is 1. The Labute approximate surface area is 112 Å². The van der Waals surface area contributed by atoms with Crippen molar-refractivity contribution in [1.82, 2.24) is 4.90 Å². The van der Waals surface area contributed by atoms with Gasteiger partial charge in [-0.25, -0.2) is 0 Å². The van der Waals surface area contributed by atoms with Gasteiger partial charge in [0.2, 0.25) is 0 Å². The maximum absolute atomic E-state index is 9.06. The lowest BCUT2D eigenvalue weighted by Gasteiger charge is -2.33. The standard InChI is InChI=1S/C13H18BrN3/c1-13(2,17(3)4)9-16-12-6-5-11(14)7-10(12)8-15/h5-7,16H,9H2,1-4H3. The molecule has 1 aromatic carbocycles. The molecule has 0 atom stereocenters. The first-order valence-corrected chi connectivity index (χ1v) is 6.27. The molecule has 0 radical (unpaired) electrons. The number of nitriles is 1. The summed E-state index contributed by atoms with van der Waals surface area (Å²) in [6, 6.07) is 7.88. The third-order valence-electron chi connectivity index (χ3n) is 3.02. The fourth-order valence-electron chi connectivity index (χ4n) is 1.23. The molecule has 0 unspecified atom stereocenters. The van der Waals surface area contributed by atoms with Crippen molar-refractivity contribution < 1.29 is 0 Å². The molecule has 0 aliphatic rings. The molecule has 0 saturated heterocycles. The van der Waals surface area contributed by atoms with Gasteiger partial charge in [-0.2, -0.15) is 5.26 Å². The summed E-state index contributed by atoms with van der Waals surface area (Å²) in [5, 5.41) is 12.4. The highest BCUT2D eigenvalue weighted by Gasteiger charge is 2.20. The second-order valence-electron chi connectivity index (χ2n) is 4.86. The van der Waals surface area contributed by atoms with Crippen molar-refractivity contribution in [2.45, 2.75) is 19.4 Å². The Hall–Kier alpha value is -1.05. The molecule has 1 rings (SSSR count). The lowest BCUT2D eigenvalue weighted by atomic mass is 10.0. The lowest BCUT2D eigenvalue weighted by molar-refractivity contribution is 0.210. The predicted octanol–water partition coefficient (Wildman–Crippen LogP) is 3.07. The van der Waals surface area contributed by atoms with Gasteiger partial charge in [-0.3, -0.25) is 0 Å². The molecule has 0 amide bonds. The molecule has 0 aromatic heterocycles.